The number of anilines is 1. The summed E-state index contributed by atoms with van der Waals surface area (Å²) in [5, 5.41) is 3.08. The topological polar surface area (TPSA) is 47.6 Å². The minimum atomic E-state index is -0.541. The smallest absolute Gasteiger partial charge is 0.235 e. The summed E-state index contributed by atoms with van der Waals surface area (Å²) in [5.74, 6) is 0.779. The Morgan fingerprint density at radius 1 is 1.12 bits per heavy atom. The van der Waals surface area contributed by atoms with Crippen LogP contribution in [0.3, 0.4) is 0 Å². The van der Waals surface area contributed by atoms with E-state index in [-0.39, 0.29) is 5.91 Å². The second-order valence-electron chi connectivity index (χ2n) is 5.98. The molecule has 0 atom stereocenters. The van der Waals surface area contributed by atoms with Crippen molar-refractivity contribution in [2.75, 3.05) is 25.1 Å². The van der Waals surface area contributed by atoms with Gasteiger partial charge in [-0.15, -0.1) is 0 Å². The number of ether oxygens (including phenoxy) is 2. The fourth-order valence-corrected chi connectivity index (χ4v) is 3.20. The highest BCUT2D eigenvalue weighted by Gasteiger charge is 2.41. The Balaban J connectivity index is 1.86. The predicted molar refractivity (Wildman–Crippen MR) is 94.4 cm³/mol. The fourth-order valence-electron chi connectivity index (χ4n) is 3.20. The summed E-state index contributed by atoms with van der Waals surface area (Å²) >= 11 is 0. The molecule has 0 spiro atoms. The zero-order chi connectivity index (χ0) is 16.8. The quantitative estimate of drug-likeness (QED) is 0.910. The second kappa shape index (κ2) is 7.49. The Hall–Kier alpha value is -2.33. The van der Waals surface area contributed by atoms with Gasteiger partial charge in [-0.1, -0.05) is 36.4 Å². The minimum Gasteiger partial charge on any atom is -0.494 e. The van der Waals surface area contributed by atoms with Crippen LogP contribution in [-0.4, -0.2) is 25.7 Å². The van der Waals surface area contributed by atoms with Crippen LogP contribution in [0.25, 0.3) is 0 Å². The van der Waals surface area contributed by atoms with E-state index in [1.54, 1.807) is 0 Å². The van der Waals surface area contributed by atoms with Gasteiger partial charge in [0.05, 0.1) is 12.0 Å². The summed E-state index contributed by atoms with van der Waals surface area (Å²) in [6, 6.07) is 17.5. The van der Waals surface area contributed by atoms with Crippen molar-refractivity contribution in [2.45, 2.75) is 25.2 Å². The summed E-state index contributed by atoms with van der Waals surface area (Å²) in [7, 11) is 0. The minimum absolute atomic E-state index is 0.0191. The number of hydrogen-bond acceptors (Lipinski definition) is 3. The molecular weight excluding hydrogens is 302 g/mol. The Morgan fingerprint density at radius 2 is 1.88 bits per heavy atom. The molecule has 0 saturated carbocycles. The average molecular weight is 325 g/mol. The maximum atomic E-state index is 13.2. The number of hydrogen-bond donors (Lipinski definition) is 1. The van der Waals surface area contributed by atoms with Crippen LogP contribution in [-0.2, 0) is 14.9 Å². The van der Waals surface area contributed by atoms with E-state index in [4.69, 9.17) is 9.47 Å². The van der Waals surface area contributed by atoms with Gasteiger partial charge < -0.3 is 14.8 Å². The van der Waals surface area contributed by atoms with Gasteiger partial charge in [0, 0.05) is 25.0 Å². The molecular formula is C20H23NO3. The van der Waals surface area contributed by atoms with E-state index in [1.807, 2.05) is 61.5 Å². The van der Waals surface area contributed by atoms with E-state index in [9.17, 15) is 4.79 Å². The van der Waals surface area contributed by atoms with Crippen molar-refractivity contribution in [1.82, 2.24) is 0 Å². The molecule has 1 fully saturated rings. The molecule has 1 amide bonds. The zero-order valence-electron chi connectivity index (χ0n) is 14.0. The van der Waals surface area contributed by atoms with Crippen molar-refractivity contribution in [3.8, 4) is 5.75 Å². The van der Waals surface area contributed by atoms with Crippen molar-refractivity contribution in [1.29, 1.82) is 0 Å². The molecule has 0 aliphatic carbocycles. The van der Waals surface area contributed by atoms with E-state index in [2.05, 4.69) is 5.32 Å². The molecule has 1 aliphatic rings. The third kappa shape index (κ3) is 3.44. The summed E-state index contributed by atoms with van der Waals surface area (Å²) < 4.78 is 11.0. The number of carbonyl (C=O) groups is 1. The summed E-state index contributed by atoms with van der Waals surface area (Å²) in [6.45, 7) is 3.74. The highest BCUT2D eigenvalue weighted by molar-refractivity contribution is 5.99. The maximum absolute atomic E-state index is 13.2. The van der Waals surface area contributed by atoms with Gasteiger partial charge in [-0.25, -0.2) is 0 Å². The van der Waals surface area contributed by atoms with E-state index in [0.717, 1.165) is 17.0 Å². The van der Waals surface area contributed by atoms with E-state index in [0.29, 0.717) is 32.7 Å². The molecule has 4 heteroatoms. The fraction of sp³-hybridized carbons (Fsp3) is 0.350. The molecule has 3 rings (SSSR count). The van der Waals surface area contributed by atoms with Gasteiger partial charge in [-0.05, 0) is 37.5 Å². The highest BCUT2D eigenvalue weighted by Crippen LogP contribution is 2.36. The van der Waals surface area contributed by atoms with E-state index < -0.39 is 5.41 Å². The van der Waals surface area contributed by atoms with Gasteiger partial charge >= 0.3 is 0 Å². The summed E-state index contributed by atoms with van der Waals surface area (Å²) in [5.41, 5.74) is 1.26. The Kier molecular flexibility index (Phi) is 5.16. The first-order valence-electron chi connectivity index (χ1n) is 8.42. The monoisotopic (exact) mass is 325 g/mol. The van der Waals surface area contributed by atoms with Crippen molar-refractivity contribution in [3.63, 3.8) is 0 Å². The molecule has 2 aromatic rings. The van der Waals surface area contributed by atoms with E-state index in [1.165, 1.54) is 0 Å². The molecule has 0 unspecified atom stereocenters. The molecule has 0 aromatic heterocycles. The third-order valence-electron chi connectivity index (χ3n) is 4.51. The van der Waals surface area contributed by atoms with Gasteiger partial charge in [0.2, 0.25) is 5.91 Å². The molecule has 2 aromatic carbocycles. The molecule has 1 aliphatic heterocycles. The third-order valence-corrected chi connectivity index (χ3v) is 4.51. The molecule has 1 N–H and O–H groups in total. The lowest BCUT2D eigenvalue weighted by Crippen LogP contribution is -2.44. The van der Waals surface area contributed by atoms with Crippen molar-refractivity contribution < 1.29 is 14.3 Å². The first kappa shape index (κ1) is 16.5. The lowest BCUT2D eigenvalue weighted by Gasteiger charge is -2.36. The normalized spacial score (nSPS) is 16.4. The zero-order valence-corrected chi connectivity index (χ0v) is 14.0. The summed E-state index contributed by atoms with van der Waals surface area (Å²) in [6.07, 6.45) is 1.38. The van der Waals surface area contributed by atoms with Gasteiger partial charge in [0.15, 0.2) is 0 Å². The first-order valence-corrected chi connectivity index (χ1v) is 8.42. The van der Waals surface area contributed by atoms with Crippen molar-refractivity contribution >= 4 is 11.6 Å². The lowest BCUT2D eigenvalue weighted by atomic mass is 9.73. The summed E-state index contributed by atoms with van der Waals surface area (Å²) in [4.78, 5) is 13.2. The van der Waals surface area contributed by atoms with Crippen molar-refractivity contribution in [3.05, 3.63) is 60.2 Å². The Bertz CT molecular complexity index is 678. The Morgan fingerprint density at radius 3 is 2.58 bits per heavy atom. The first-order chi connectivity index (χ1) is 11.7. The number of rotatable bonds is 5. The predicted octanol–water partition coefficient (Wildman–Crippen LogP) is 3.77. The SMILES string of the molecule is CCOc1cccc(NC(=O)C2(c3ccccc3)CCOCC2)c1. The number of benzene rings is 2. The van der Waals surface area contributed by atoms with Crippen LogP contribution in [0.2, 0.25) is 0 Å². The average Bonchev–Trinajstić information content (AvgIpc) is 2.63. The lowest BCUT2D eigenvalue weighted by molar-refractivity contribution is -0.125. The number of carbonyl (C=O) groups excluding carboxylic acids is 1. The van der Waals surface area contributed by atoms with Crippen LogP contribution < -0.4 is 10.1 Å². The van der Waals surface area contributed by atoms with Gasteiger partial charge in [-0.2, -0.15) is 0 Å². The van der Waals surface area contributed by atoms with E-state index >= 15 is 0 Å². The molecule has 1 saturated heterocycles. The molecule has 1 heterocycles. The molecule has 126 valence electrons. The van der Waals surface area contributed by atoms with Crippen LogP contribution in [0.5, 0.6) is 5.75 Å². The molecule has 0 bridgehead atoms. The molecule has 4 nitrogen and oxygen atoms in total. The highest BCUT2D eigenvalue weighted by atomic mass is 16.5. The van der Waals surface area contributed by atoms with Gasteiger partial charge in [0.1, 0.15) is 5.75 Å². The molecule has 0 radical (unpaired) electrons. The Labute approximate surface area is 142 Å². The largest absolute Gasteiger partial charge is 0.494 e. The number of amides is 1. The van der Waals surface area contributed by atoms with Crippen LogP contribution >= 0.6 is 0 Å². The van der Waals surface area contributed by atoms with Crippen LogP contribution in [0, 0.1) is 0 Å². The van der Waals surface area contributed by atoms with Gasteiger partial charge in [-0.3, -0.25) is 4.79 Å². The van der Waals surface area contributed by atoms with Crippen LogP contribution in [0.1, 0.15) is 25.3 Å². The van der Waals surface area contributed by atoms with Gasteiger partial charge in [0.25, 0.3) is 0 Å². The maximum Gasteiger partial charge on any atom is 0.235 e. The second-order valence-corrected chi connectivity index (χ2v) is 5.98. The number of nitrogens with one attached hydrogen (secondary N) is 1. The standard InChI is InChI=1S/C20H23NO3/c1-2-24-18-10-6-9-17(15-18)21-19(22)20(11-13-23-14-12-20)16-7-4-3-5-8-16/h3-10,15H,2,11-14H2,1H3,(H,21,22). The van der Waals surface area contributed by atoms with Crippen LogP contribution in [0.4, 0.5) is 5.69 Å². The van der Waals surface area contributed by atoms with Crippen molar-refractivity contribution in [2.24, 2.45) is 0 Å². The van der Waals surface area contributed by atoms with Crippen LogP contribution in [0.15, 0.2) is 54.6 Å². The molecule has 24 heavy (non-hydrogen) atoms.